The Morgan fingerprint density at radius 2 is 1.81 bits per heavy atom. The summed E-state index contributed by atoms with van der Waals surface area (Å²) in [5, 5.41) is 6.67. The van der Waals surface area contributed by atoms with Gasteiger partial charge in [-0.05, 0) is 55.7 Å². The van der Waals surface area contributed by atoms with Gasteiger partial charge in [-0.15, -0.1) is 0 Å². The maximum absolute atomic E-state index is 5.78. The zero-order valence-electron chi connectivity index (χ0n) is 18.8. The minimum atomic E-state index is 0.539. The predicted octanol–water partition coefficient (Wildman–Crippen LogP) is 3.16. The lowest BCUT2D eigenvalue weighted by Gasteiger charge is -2.19. The van der Waals surface area contributed by atoms with E-state index in [0.29, 0.717) is 19.1 Å². The first-order valence-corrected chi connectivity index (χ1v) is 10.9. The number of hydrogen-bond donors (Lipinski definition) is 2. The van der Waals surface area contributed by atoms with Crippen LogP contribution in [0.2, 0.25) is 0 Å². The molecule has 7 nitrogen and oxygen atoms in total. The summed E-state index contributed by atoms with van der Waals surface area (Å²) in [4.78, 5) is 7.20. The zero-order chi connectivity index (χ0) is 21.9. The number of benzene rings is 2. The average molecular weight is 427 g/mol. The topological polar surface area (TPSA) is 67.4 Å². The average Bonchev–Trinajstić information content (AvgIpc) is 3.29. The van der Waals surface area contributed by atoms with Crippen LogP contribution in [0.3, 0.4) is 0 Å². The van der Waals surface area contributed by atoms with Gasteiger partial charge in [0.1, 0.15) is 23.9 Å². The quantitative estimate of drug-likeness (QED) is 0.346. The summed E-state index contributed by atoms with van der Waals surface area (Å²) in [6, 6.07) is 15.9. The fourth-order valence-corrected chi connectivity index (χ4v) is 3.60. The molecule has 0 saturated carbocycles. The van der Waals surface area contributed by atoms with Crippen molar-refractivity contribution < 1.29 is 14.2 Å². The monoisotopic (exact) mass is 426 g/mol. The molecule has 1 aliphatic rings. The Bertz CT molecular complexity index is 826. The normalized spacial score (nSPS) is 16.2. The zero-order valence-corrected chi connectivity index (χ0v) is 18.8. The van der Waals surface area contributed by atoms with Crippen molar-refractivity contribution in [2.24, 2.45) is 10.9 Å². The van der Waals surface area contributed by atoms with E-state index in [-0.39, 0.29) is 0 Å². The van der Waals surface area contributed by atoms with Crippen LogP contribution >= 0.6 is 0 Å². The van der Waals surface area contributed by atoms with E-state index in [4.69, 9.17) is 19.2 Å². The summed E-state index contributed by atoms with van der Waals surface area (Å²) >= 11 is 0. The third kappa shape index (κ3) is 6.98. The van der Waals surface area contributed by atoms with Gasteiger partial charge in [0.2, 0.25) is 0 Å². The Balaban J connectivity index is 1.43. The molecule has 0 radical (unpaired) electrons. The molecule has 0 aromatic heterocycles. The van der Waals surface area contributed by atoms with E-state index >= 15 is 0 Å². The highest BCUT2D eigenvalue weighted by atomic mass is 16.5. The van der Waals surface area contributed by atoms with Gasteiger partial charge in [-0.1, -0.05) is 6.07 Å². The van der Waals surface area contributed by atoms with Crippen LogP contribution in [0, 0.1) is 5.92 Å². The third-order valence-corrected chi connectivity index (χ3v) is 5.28. The van der Waals surface area contributed by atoms with Gasteiger partial charge in [0, 0.05) is 37.9 Å². The molecule has 0 spiro atoms. The highest BCUT2D eigenvalue weighted by Gasteiger charge is 2.22. The maximum Gasteiger partial charge on any atom is 0.191 e. The molecule has 2 aromatic rings. The van der Waals surface area contributed by atoms with Crippen LogP contribution in [0.1, 0.15) is 13.3 Å². The first-order chi connectivity index (χ1) is 15.2. The molecule has 2 N–H and O–H groups in total. The number of guanidine groups is 1. The van der Waals surface area contributed by atoms with Gasteiger partial charge in [-0.2, -0.15) is 0 Å². The van der Waals surface area contributed by atoms with E-state index in [2.05, 4.69) is 34.6 Å². The van der Waals surface area contributed by atoms with Gasteiger partial charge in [-0.3, -0.25) is 4.99 Å². The smallest absolute Gasteiger partial charge is 0.191 e. The summed E-state index contributed by atoms with van der Waals surface area (Å²) in [6.07, 6.45) is 1.14. The molecule has 0 aliphatic carbocycles. The summed E-state index contributed by atoms with van der Waals surface area (Å²) in [7, 11) is 3.36. The Kier molecular flexibility index (Phi) is 8.70. The predicted molar refractivity (Wildman–Crippen MR) is 126 cm³/mol. The number of nitrogens with zero attached hydrogens (tertiary/aromatic N) is 2. The molecule has 31 heavy (non-hydrogen) atoms. The number of rotatable bonds is 10. The standard InChI is InChI=1S/C24H34N4O3/c1-4-25-24(26-13-15-31-22-10-8-21(29-2)9-11-22)27-17-19-12-14-28(18-19)20-6-5-7-23(16-20)30-3/h5-11,16,19H,4,12-15,17-18H2,1-3H3,(H2,25,26,27). The molecule has 168 valence electrons. The Morgan fingerprint density at radius 1 is 1.03 bits per heavy atom. The van der Waals surface area contributed by atoms with Crippen LogP contribution in [-0.2, 0) is 0 Å². The Hall–Kier alpha value is -3.09. The molecule has 0 bridgehead atoms. The molecule has 3 rings (SSSR count). The lowest BCUT2D eigenvalue weighted by atomic mass is 10.1. The summed E-state index contributed by atoms with van der Waals surface area (Å²) in [6.45, 7) is 7.00. The fraction of sp³-hybridized carbons (Fsp3) is 0.458. The van der Waals surface area contributed by atoms with Crippen molar-refractivity contribution in [2.45, 2.75) is 13.3 Å². The van der Waals surface area contributed by atoms with E-state index in [1.165, 1.54) is 5.69 Å². The van der Waals surface area contributed by atoms with Crippen molar-refractivity contribution >= 4 is 11.6 Å². The summed E-state index contributed by atoms with van der Waals surface area (Å²) < 4.78 is 16.3. The Labute approximate surface area is 185 Å². The van der Waals surface area contributed by atoms with Gasteiger partial charge in [0.25, 0.3) is 0 Å². The van der Waals surface area contributed by atoms with E-state index in [9.17, 15) is 0 Å². The number of aliphatic imine (C=N–C) groups is 1. The van der Waals surface area contributed by atoms with Gasteiger partial charge in [0.15, 0.2) is 5.96 Å². The van der Waals surface area contributed by atoms with Crippen molar-refractivity contribution in [3.05, 3.63) is 48.5 Å². The number of anilines is 1. The Morgan fingerprint density at radius 3 is 2.55 bits per heavy atom. The molecule has 0 amide bonds. The number of hydrogen-bond acceptors (Lipinski definition) is 5. The molecule has 7 heteroatoms. The SMILES string of the molecule is CCNC(=NCC1CCN(c2cccc(OC)c2)C1)NCCOc1ccc(OC)cc1. The van der Waals surface area contributed by atoms with Crippen LogP contribution in [0.15, 0.2) is 53.5 Å². The van der Waals surface area contributed by atoms with Gasteiger partial charge < -0.3 is 29.7 Å². The summed E-state index contributed by atoms with van der Waals surface area (Å²) in [5.41, 5.74) is 1.21. The number of nitrogens with one attached hydrogen (secondary N) is 2. The molecular formula is C24H34N4O3. The van der Waals surface area contributed by atoms with Crippen molar-refractivity contribution in [2.75, 3.05) is 58.5 Å². The second-order valence-corrected chi connectivity index (χ2v) is 7.47. The number of methoxy groups -OCH3 is 2. The van der Waals surface area contributed by atoms with Crippen molar-refractivity contribution in [3.63, 3.8) is 0 Å². The van der Waals surface area contributed by atoms with Crippen molar-refractivity contribution in [1.82, 2.24) is 10.6 Å². The molecule has 1 fully saturated rings. The van der Waals surface area contributed by atoms with E-state index in [1.807, 2.05) is 36.4 Å². The van der Waals surface area contributed by atoms with Crippen LogP contribution in [-0.4, -0.2) is 59.5 Å². The molecule has 1 unspecified atom stereocenters. The third-order valence-electron chi connectivity index (χ3n) is 5.28. The molecule has 1 heterocycles. The molecule has 1 atom stereocenters. The molecule has 1 saturated heterocycles. The maximum atomic E-state index is 5.78. The lowest BCUT2D eigenvalue weighted by Crippen LogP contribution is -2.39. The first-order valence-electron chi connectivity index (χ1n) is 10.9. The van der Waals surface area contributed by atoms with Crippen LogP contribution in [0.5, 0.6) is 17.2 Å². The van der Waals surface area contributed by atoms with E-state index in [1.54, 1.807) is 14.2 Å². The molecule has 2 aromatic carbocycles. The number of ether oxygens (including phenoxy) is 3. The molecule has 1 aliphatic heterocycles. The first kappa shape index (κ1) is 22.6. The minimum absolute atomic E-state index is 0.539. The van der Waals surface area contributed by atoms with Crippen LogP contribution < -0.4 is 29.7 Å². The van der Waals surface area contributed by atoms with Gasteiger partial charge >= 0.3 is 0 Å². The summed E-state index contributed by atoms with van der Waals surface area (Å²) in [5.74, 6) is 3.92. The van der Waals surface area contributed by atoms with Crippen LogP contribution in [0.4, 0.5) is 5.69 Å². The van der Waals surface area contributed by atoms with Gasteiger partial charge in [0.05, 0.1) is 20.8 Å². The van der Waals surface area contributed by atoms with Gasteiger partial charge in [-0.25, -0.2) is 0 Å². The minimum Gasteiger partial charge on any atom is -0.497 e. The molecular weight excluding hydrogens is 392 g/mol. The highest BCUT2D eigenvalue weighted by Crippen LogP contribution is 2.27. The highest BCUT2D eigenvalue weighted by molar-refractivity contribution is 5.79. The lowest BCUT2D eigenvalue weighted by molar-refractivity contribution is 0.321. The largest absolute Gasteiger partial charge is 0.497 e. The van der Waals surface area contributed by atoms with E-state index < -0.39 is 0 Å². The second-order valence-electron chi connectivity index (χ2n) is 7.47. The van der Waals surface area contributed by atoms with E-state index in [0.717, 1.165) is 55.8 Å². The fourth-order valence-electron chi connectivity index (χ4n) is 3.60. The van der Waals surface area contributed by atoms with Crippen molar-refractivity contribution in [1.29, 1.82) is 0 Å². The van der Waals surface area contributed by atoms with Crippen LogP contribution in [0.25, 0.3) is 0 Å². The van der Waals surface area contributed by atoms with Crippen molar-refractivity contribution in [3.8, 4) is 17.2 Å². The second kappa shape index (κ2) is 11.9.